The average molecular weight is 350 g/mol. The van der Waals surface area contributed by atoms with Crippen molar-refractivity contribution in [3.63, 3.8) is 0 Å². The van der Waals surface area contributed by atoms with Crippen LogP contribution in [0.5, 0.6) is 0 Å². The normalized spacial score (nSPS) is 22.9. The molecule has 0 spiro atoms. The quantitative estimate of drug-likeness (QED) is 0.788. The van der Waals surface area contributed by atoms with Gasteiger partial charge in [-0.1, -0.05) is 30.3 Å². The van der Waals surface area contributed by atoms with Gasteiger partial charge in [0.25, 0.3) is 0 Å². The van der Waals surface area contributed by atoms with E-state index in [1.165, 1.54) is 18.9 Å². The van der Waals surface area contributed by atoms with Gasteiger partial charge in [0.05, 0.1) is 13.5 Å². The number of carbonyl (C=O) groups excluding carboxylic acids is 3. The second-order valence-corrected chi connectivity index (χ2v) is 7.84. The highest BCUT2D eigenvalue weighted by molar-refractivity contribution is 8.00. The van der Waals surface area contributed by atoms with Gasteiger partial charge in [-0.15, -0.1) is 0 Å². The van der Waals surface area contributed by atoms with E-state index in [0.29, 0.717) is 5.75 Å². The number of amides is 2. The zero-order valence-electron chi connectivity index (χ0n) is 14.0. The van der Waals surface area contributed by atoms with E-state index in [2.05, 4.69) is 10.6 Å². The Labute approximate surface area is 145 Å². The van der Waals surface area contributed by atoms with E-state index in [9.17, 15) is 14.4 Å². The van der Waals surface area contributed by atoms with Crippen molar-refractivity contribution >= 4 is 29.5 Å². The van der Waals surface area contributed by atoms with Crippen molar-refractivity contribution in [3.8, 4) is 0 Å². The van der Waals surface area contributed by atoms with Gasteiger partial charge in [0.2, 0.25) is 11.8 Å². The molecule has 1 saturated heterocycles. The molecular weight excluding hydrogens is 328 g/mol. The minimum atomic E-state index is -0.754. The number of benzene rings is 1. The second-order valence-electron chi connectivity index (χ2n) is 6.16. The van der Waals surface area contributed by atoms with E-state index in [0.717, 1.165) is 5.56 Å². The van der Waals surface area contributed by atoms with Crippen LogP contribution in [0.2, 0.25) is 0 Å². The molecule has 6 nitrogen and oxygen atoms in total. The van der Waals surface area contributed by atoms with E-state index < -0.39 is 22.8 Å². The molecule has 2 amide bonds. The van der Waals surface area contributed by atoms with Gasteiger partial charge in [-0.25, -0.2) is 4.79 Å². The first-order valence-corrected chi connectivity index (χ1v) is 8.67. The van der Waals surface area contributed by atoms with Gasteiger partial charge in [0.1, 0.15) is 12.1 Å². The fourth-order valence-electron chi connectivity index (χ4n) is 2.47. The molecule has 1 fully saturated rings. The number of carbonyl (C=O) groups is 3. The maximum absolute atomic E-state index is 12.4. The second kappa shape index (κ2) is 7.70. The molecular formula is C17H22N2O4S. The van der Waals surface area contributed by atoms with Crippen molar-refractivity contribution in [2.24, 2.45) is 0 Å². The van der Waals surface area contributed by atoms with Gasteiger partial charge in [-0.05, 0) is 19.4 Å². The number of thioether (sulfide) groups is 1. The summed E-state index contributed by atoms with van der Waals surface area (Å²) in [5.41, 5.74) is 0.879. The number of esters is 1. The first-order valence-electron chi connectivity index (χ1n) is 7.69. The standard InChI is InChI=1S/C17H22N2O4S/c1-17(2)14(16(22)23-3)19-15(21)12(10-24-17)18-13(20)9-11-7-5-4-6-8-11/h4-8,12,14H,9-10H2,1-3H3,(H,18,20)(H,19,21)/t12-,14+/m0/s1. The minimum absolute atomic E-state index is 0.207. The van der Waals surface area contributed by atoms with Crippen LogP contribution in [0.15, 0.2) is 30.3 Å². The summed E-state index contributed by atoms with van der Waals surface area (Å²) in [5.74, 6) is -0.689. The van der Waals surface area contributed by atoms with E-state index in [-0.39, 0.29) is 18.2 Å². The topological polar surface area (TPSA) is 84.5 Å². The first-order chi connectivity index (χ1) is 11.3. The predicted octanol–water partition coefficient (Wildman–Crippen LogP) is 0.897. The Morgan fingerprint density at radius 1 is 1.33 bits per heavy atom. The largest absolute Gasteiger partial charge is 0.467 e. The molecule has 1 aliphatic rings. The maximum atomic E-state index is 12.4. The number of nitrogens with one attached hydrogen (secondary N) is 2. The van der Waals surface area contributed by atoms with Gasteiger partial charge in [0.15, 0.2) is 0 Å². The summed E-state index contributed by atoms with van der Waals surface area (Å²) >= 11 is 1.45. The summed E-state index contributed by atoms with van der Waals surface area (Å²) in [7, 11) is 1.29. The highest BCUT2D eigenvalue weighted by Gasteiger charge is 2.42. The van der Waals surface area contributed by atoms with Crippen LogP contribution in [-0.4, -0.2) is 47.5 Å². The van der Waals surface area contributed by atoms with Gasteiger partial charge in [0, 0.05) is 10.5 Å². The molecule has 0 aliphatic carbocycles. The third-order valence-corrected chi connectivity index (χ3v) is 5.38. The molecule has 0 aromatic heterocycles. The number of rotatable bonds is 4. The summed E-state index contributed by atoms with van der Waals surface area (Å²) in [5, 5.41) is 5.44. The summed E-state index contributed by atoms with van der Waals surface area (Å²) in [6.45, 7) is 3.74. The Balaban J connectivity index is 2.03. The van der Waals surface area contributed by atoms with Crippen LogP contribution in [0.25, 0.3) is 0 Å². The SMILES string of the molecule is COC(=O)[C@H]1NC(=O)[C@@H](NC(=O)Cc2ccccc2)CSC1(C)C. The highest BCUT2D eigenvalue weighted by atomic mass is 32.2. The first kappa shape index (κ1) is 18.3. The van der Waals surface area contributed by atoms with Crippen molar-refractivity contribution in [2.45, 2.75) is 37.1 Å². The van der Waals surface area contributed by atoms with E-state index in [1.807, 2.05) is 44.2 Å². The third-order valence-electron chi connectivity index (χ3n) is 3.90. The number of hydrogen-bond acceptors (Lipinski definition) is 5. The van der Waals surface area contributed by atoms with Crippen molar-refractivity contribution in [1.29, 1.82) is 0 Å². The minimum Gasteiger partial charge on any atom is -0.467 e. The molecule has 0 bridgehead atoms. The van der Waals surface area contributed by atoms with Crippen molar-refractivity contribution in [1.82, 2.24) is 10.6 Å². The Bertz CT molecular complexity index is 618. The molecule has 2 rings (SSSR count). The average Bonchev–Trinajstić information content (AvgIpc) is 2.66. The van der Waals surface area contributed by atoms with Crippen molar-refractivity contribution < 1.29 is 19.1 Å². The molecule has 0 radical (unpaired) electrons. The molecule has 0 saturated carbocycles. The highest BCUT2D eigenvalue weighted by Crippen LogP contribution is 2.31. The van der Waals surface area contributed by atoms with Gasteiger partial charge in [-0.3, -0.25) is 9.59 Å². The summed E-state index contributed by atoms with van der Waals surface area (Å²) in [6, 6.07) is 7.89. The van der Waals surface area contributed by atoms with Crippen LogP contribution in [0, 0.1) is 0 Å². The van der Waals surface area contributed by atoms with Crippen molar-refractivity contribution in [3.05, 3.63) is 35.9 Å². The predicted molar refractivity (Wildman–Crippen MR) is 92.6 cm³/mol. The van der Waals surface area contributed by atoms with E-state index >= 15 is 0 Å². The summed E-state index contributed by atoms with van der Waals surface area (Å²) in [6.07, 6.45) is 0.207. The molecule has 2 atom stereocenters. The van der Waals surface area contributed by atoms with Crippen LogP contribution < -0.4 is 10.6 Å². The molecule has 0 unspecified atom stereocenters. The monoisotopic (exact) mass is 350 g/mol. The molecule has 2 N–H and O–H groups in total. The molecule has 7 heteroatoms. The lowest BCUT2D eigenvalue weighted by molar-refractivity contribution is -0.145. The zero-order chi connectivity index (χ0) is 17.7. The lowest BCUT2D eigenvalue weighted by Crippen LogP contribution is -2.55. The summed E-state index contributed by atoms with van der Waals surface area (Å²) < 4.78 is 4.24. The van der Waals surface area contributed by atoms with Gasteiger partial charge in [-0.2, -0.15) is 11.8 Å². The van der Waals surface area contributed by atoms with Crippen LogP contribution in [0.1, 0.15) is 19.4 Å². The molecule has 1 aromatic rings. The van der Waals surface area contributed by atoms with Crippen LogP contribution in [-0.2, 0) is 25.5 Å². The zero-order valence-corrected chi connectivity index (χ0v) is 14.8. The number of hydrogen-bond donors (Lipinski definition) is 2. The Hall–Kier alpha value is -2.02. The number of methoxy groups -OCH3 is 1. The van der Waals surface area contributed by atoms with E-state index in [4.69, 9.17) is 4.74 Å². The summed E-state index contributed by atoms with van der Waals surface area (Å²) in [4.78, 5) is 36.5. The Morgan fingerprint density at radius 3 is 2.62 bits per heavy atom. The fraction of sp³-hybridized carbons (Fsp3) is 0.471. The molecule has 1 aliphatic heterocycles. The molecule has 1 aromatic carbocycles. The number of ether oxygens (including phenoxy) is 1. The van der Waals surface area contributed by atoms with Gasteiger partial charge < -0.3 is 15.4 Å². The lowest BCUT2D eigenvalue weighted by Gasteiger charge is -2.29. The molecule has 130 valence electrons. The smallest absolute Gasteiger partial charge is 0.329 e. The third kappa shape index (κ3) is 4.50. The Morgan fingerprint density at radius 2 is 2.00 bits per heavy atom. The lowest BCUT2D eigenvalue weighted by atomic mass is 10.0. The fourth-order valence-corrected chi connectivity index (χ4v) is 3.62. The van der Waals surface area contributed by atoms with Crippen molar-refractivity contribution in [2.75, 3.05) is 12.9 Å². The van der Waals surface area contributed by atoms with Crippen LogP contribution in [0.4, 0.5) is 0 Å². The maximum Gasteiger partial charge on any atom is 0.329 e. The van der Waals surface area contributed by atoms with E-state index in [1.54, 1.807) is 0 Å². The molecule has 1 heterocycles. The Kier molecular flexibility index (Phi) is 5.88. The van der Waals surface area contributed by atoms with Crippen LogP contribution >= 0.6 is 11.8 Å². The van der Waals surface area contributed by atoms with Gasteiger partial charge >= 0.3 is 5.97 Å². The molecule has 24 heavy (non-hydrogen) atoms. The van der Waals surface area contributed by atoms with Crippen LogP contribution in [0.3, 0.4) is 0 Å².